The van der Waals surface area contributed by atoms with E-state index in [1.54, 1.807) is 18.2 Å². The molecule has 1 fully saturated rings. The molecule has 3 rings (SSSR count). The number of hydrogen-bond acceptors (Lipinski definition) is 6. The Morgan fingerprint density at radius 2 is 1.85 bits per heavy atom. The Balaban J connectivity index is 1.37. The first-order valence-electron chi connectivity index (χ1n) is 8.74. The minimum atomic E-state index is -0.669. The van der Waals surface area contributed by atoms with Crippen molar-refractivity contribution in [3.63, 3.8) is 0 Å². The van der Waals surface area contributed by atoms with Crippen LogP contribution in [0.1, 0.15) is 42.5 Å². The maximum atomic E-state index is 12.1. The highest BCUT2D eigenvalue weighted by molar-refractivity contribution is 5.96. The van der Waals surface area contributed by atoms with Crippen LogP contribution in [0.25, 0.3) is 0 Å². The van der Waals surface area contributed by atoms with Crippen molar-refractivity contribution < 1.29 is 28.6 Å². The zero-order valence-electron chi connectivity index (χ0n) is 14.4. The molecule has 26 heavy (non-hydrogen) atoms. The van der Waals surface area contributed by atoms with Crippen LogP contribution in [0.2, 0.25) is 0 Å². The van der Waals surface area contributed by atoms with Gasteiger partial charge in [-0.05, 0) is 31.0 Å². The molecule has 0 radical (unpaired) electrons. The van der Waals surface area contributed by atoms with Crippen molar-refractivity contribution in [2.24, 2.45) is 0 Å². The molecule has 8 heteroatoms. The van der Waals surface area contributed by atoms with Crippen LogP contribution in [0.4, 0.5) is 0 Å². The summed E-state index contributed by atoms with van der Waals surface area (Å²) in [5.41, 5.74) is 0.345. The van der Waals surface area contributed by atoms with E-state index < -0.39 is 11.9 Å². The second kappa shape index (κ2) is 8.55. The van der Waals surface area contributed by atoms with Gasteiger partial charge in [0.25, 0.3) is 11.8 Å². The van der Waals surface area contributed by atoms with E-state index in [9.17, 15) is 14.4 Å². The third kappa shape index (κ3) is 4.87. The monoisotopic (exact) mass is 362 g/mol. The summed E-state index contributed by atoms with van der Waals surface area (Å²) in [5, 5.41) is 5.31. The van der Waals surface area contributed by atoms with Crippen molar-refractivity contribution in [3.8, 4) is 11.5 Å². The number of fused-ring (bicyclic) bond motifs is 1. The molecule has 2 N–H and O–H groups in total. The predicted molar refractivity (Wildman–Crippen MR) is 90.9 cm³/mol. The third-order valence-electron chi connectivity index (χ3n) is 4.36. The number of ether oxygens (including phenoxy) is 3. The van der Waals surface area contributed by atoms with Gasteiger partial charge in [0.2, 0.25) is 6.79 Å². The van der Waals surface area contributed by atoms with Crippen LogP contribution >= 0.6 is 0 Å². The molecule has 0 atom stereocenters. The molecular weight excluding hydrogens is 340 g/mol. The smallest absolute Gasteiger partial charge is 0.325 e. The summed E-state index contributed by atoms with van der Waals surface area (Å²) in [6, 6.07) is 4.91. The summed E-state index contributed by atoms with van der Waals surface area (Å²) in [4.78, 5) is 35.5. The van der Waals surface area contributed by atoms with E-state index in [-0.39, 0.29) is 31.9 Å². The van der Waals surface area contributed by atoms with E-state index in [2.05, 4.69) is 10.6 Å². The minimum absolute atomic E-state index is 0.121. The molecular formula is C18H22N2O6. The molecule has 1 aliphatic heterocycles. The van der Waals surface area contributed by atoms with Gasteiger partial charge in [-0.2, -0.15) is 0 Å². The van der Waals surface area contributed by atoms with Crippen molar-refractivity contribution in [1.82, 2.24) is 10.6 Å². The van der Waals surface area contributed by atoms with E-state index in [0.717, 1.165) is 25.7 Å². The van der Waals surface area contributed by atoms with E-state index >= 15 is 0 Å². The van der Waals surface area contributed by atoms with Gasteiger partial charge in [0.05, 0.1) is 0 Å². The maximum absolute atomic E-state index is 12.1. The lowest BCUT2D eigenvalue weighted by Crippen LogP contribution is -2.39. The standard InChI is InChI=1S/C18H22N2O6/c21-16(20-13-4-2-1-3-5-13)10-24-17(22)9-19-18(23)12-6-7-14-15(8-12)26-11-25-14/h6-8,13H,1-5,9-11H2,(H,19,23)(H,20,21). The molecule has 1 heterocycles. The Labute approximate surface area is 151 Å². The summed E-state index contributed by atoms with van der Waals surface area (Å²) < 4.78 is 15.3. The van der Waals surface area contributed by atoms with Gasteiger partial charge in [0.15, 0.2) is 18.1 Å². The van der Waals surface area contributed by atoms with Gasteiger partial charge in [0.1, 0.15) is 6.54 Å². The van der Waals surface area contributed by atoms with Crippen LogP contribution in [0.15, 0.2) is 18.2 Å². The summed E-state index contributed by atoms with van der Waals surface area (Å²) in [7, 11) is 0. The number of benzene rings is 1. The SMILES string of the molecule is O=C(COC(=O)CNC(=O)c1ccc2c(c1)OCO2)NC1CCCCC1. The summed E-state index contributed by atoms with van der Waals surface area (Å²) >= 11 is 0. The van der Waals surface area contributed by atoms with Gasteiger partial charge in [-0.1, -0.05) is 19.3 Å². The van der Waals surface area contributed by atoms with Crippen molar-refractivity contribution >= 4 is 17.8 Å². The summed E-state index contributed by atoms with van der Waals surface area (Å²) in [5.74, 6) is -0.360. The van der Waals surface area contributed by atoms with Crippen LogP contribution in [-0.2, 0) is 14.3 Å². The lowest BCUT2D eigenvalue weighted by molar-refractivity contribution is -0.147. The molecule has 140 valence electrons. The summed E-state index contributed by atoms with van der Waals surface area (Å²) in [6.45, 7) is -0.533. The van der Waals surface area contributed by atoms with Crippen LogP contribution in [0.3, 0.4) is 0 Å². The predicted octanol–water partition coefficient (Wildman–Crippen LogP) is 1.14. The Kier molecular flexibility index (Phi) is 5.93. The molecule has 1 aromatic rings. The van der Waals surface area contributed by atoms with Crippen LogP contribution in [0.5, 0.6) is 11.5 Å². The Morgan fingerprint density at radius 1 is 1.08 bits per heavy atom. The zero-order valence-corrected chi connectivity index (χ0v) is 14.4. The number of carbonyl (C=O) groups is 3. The molecule has 0 aromatic heterocycles. The van der Waals surface area contributed by atoms with E-state index in [4.69, 9.17) is 14.2 Å². The number of esters is 1. The first kappa shape index (κ1) is 18.0. The fourth-order valence-electron chi connectivity index (χ4n) is 3.01. The quantitative estimate of drug-likeness (QED) is 0.736. The number of carbonyl (C=O) groups excluding carboxylic acids is 3. The average Bonchev–Trinajstić information content (AvgIpc) is 3.13. The fraction of sp³-hybridized carbons (Fsp3) is 0.500. The molecule has 0 spiro atoms. The minimum Gasteiger partial charge on any atom is -0.454 e. The van der Waals surface area contributed by atoms with E-state index in [0.29, 0.717) is 17.1 Å². The molecule has 0 unspecified atom stereocenters. The van der Waals surface area contributed by atoms with Crippen molar-refractivity contribution in [3.05, 3.63) is 23.8 Å². The Hall–Kier alpha value is -2.77. The lowest BCUT2D eigenvalue weighted by Gasteiger charge is -2.22. The Morgan fingerprint density at radius 3 is 2.65 bits per heavy atom. The van der Waals surface area contributed by atoms with Gasteiger partial charge in [-0.25, -0.2) is 0 Å². The van der Waals surface area contributed by atoms with Gasteiger partial charge >= 0.3 is 5.97 Å². The summed E-state index contributed by atoms with van der Waals surface area (Å²) in [6.07, 6.45) is 5.34. The molecule has 1 aromatic carbocycles. The normalized spacial score (nSPS) is 16.0. The van der Waals surface area contributed by atoms with Gasteiger partial charge in [0, 0.05) is 11.6 Å². The van der Waals surface area contributed by atoms with Crippen molar-refractivity contribution in [2.75, 3.05) is 19.9 Å². The number of nitrogens with one attached hydrogen (secondary N) is 2. The molecule has 2 amide bonds. The van der Waals surface area contributed by atoms with E-state index in [1.165, 1.54) is 6.42 Å². The van der Waals surface area contributed by atoms with Crippen LogP contribution in [0, 0.1) is 0 Å². The maximum Gasteiger partial charge on any atom is 0.325 e. The van der Waals surface area contributed by atoms with Crippen molar-refractivity contribution in [1.29, 1.82) is 0 Å². The van der Waals surface area contributed by atoms with Gasteiger partial charge in [-0.15, -0.1) is 0 Å². The molecule has 2 aliphatic rings. The first-order valence-corrected chi connectivity index (χ1v) is 8.74. The highest BCUT2D eigenvalue weighted by atomic mass is 16.7. The number of amides is 2. The zero-order chi connectivity index (χ0) is 18.4. The van der Waals surface area contributed by atoms with Gasteiger partial charge in [-0.3, -0.25) is 14.4 Å². The molecule has 8 nitrogen and oxygen atoms in total. The van der Waals surface area contributed by atoms with Crippen molar-refractivity contribution in [2.45, 2.75) is 38.1 Å². The molecule has 0 saturated heterocycles. The second-order valence-electron chi connectivity index (χ2n) is 6.31. The topological polar surface area (TPSA) is 103 Å². The average molecular weight is 362 g/mol. The Bertz CT molecular complexity index is 684. The first-order chi connectivity index (χ1) is 12.6. The largest absolute Gasteiger partial charge is 0.454 e. The van der Waals surface area contributed by atoms with Crippen LogP contribution in [-0.4, -0.2) is 43.8 Å². The van der Waals surface area contributed by atoms with E-state index in [1.807, 2.05) is 0 Å². The molecule has 0 bridgehead atoms. The number of hydrogen-bond donors (Lipinski definition) is 2. The molecule has 1 saturated carbocycles. The molecule has 1 aliphatic carbocycles. The number of rotatable bonds is 6. The fourth-order valence-corrected chi connectivity index (χ4v) is 3.01. The second-order valence-corrected chi connectivity index (χ2v) is 6.31. The highest BCUT2D eigenvalue weighted by Crippen LogP contribution is 2.32. The van der Waals surface area contributed by atoms with Gasteiger partial charge < -0.3 is 24.8 Å². The highest BCUT2D eigenvalue weighted by Gasteiger charge is 2.18. The lowest BCUT2D eigenvalue weighted by atomic mass is 9.95. The van der Waals surface area contributed by atoms with Crippen LogP contribution < -0.4 is 20.1 Å². The third-order valence-corrected chi connectivity index (χ3v) is 4.36.